The van der Waals surface area contributed by atoms with Gasteiger partial charge in [0.25, 0.3) is 15.9 Å². The third-order valence-electron chi connectivity index (χ3n) is 4.83. The van der Waals surface area contributed by atoms with E-state index in [0.29, 0.717) is 11.3 Å². The number of thiazole rings is 1. The van der Waals surface area contributed by atoms with Gasteiger partial charge in [-0.3, -0.25) is 9.52 Å². The van der Waals surface area contributed by atoms with Crippen molar-refractivity contribution in [3.8, 4) is 0 Å². The van der Waals surface area contributed by atoms with E-state index in [1.807, 2.05) is 29.7 Å². The SMILES string of the molecule is C=CCn1c(=NC(=O)c2cccc(NS(=O)(=O)c3ccc(F)cc3)c2)sc2cc(C)ccc21. The second kappa shape index (κ2) is 9.13. The summed E-state index contributed by atoms with van der Waals surface area (Å²) in [6.07, 6.45) is 1.74. The van der Waals surface area contributed by atoms with Crippen molar-refractivity contribution >= 4 is 43.2 Å². The monoisotopic (exact) mass is 481 g/mol. The smallest absolute Gasteiger partial charge is 0.279 e. The summed E-state index contributed by atoms with van der Waals surface area (Å²) in [6.45, 7) is 6.28. The number of aromatic nitrogens is 1. The van der Waals surface area contributed by atoms with E-state index in [1.54, 1.807) is 18.2 Å². The number of rotatable bonds is 6. The fraction of sp³-hybridized carbons (Fsp3) is 0.0833. The van der Waals surface area contributed by atoms with Crippen LogP contribution in [0.2, 0.25) is 0 Å². The van der Waals surface area contributed by atoms with Gasteiger partial charge in [-0.15, -0.1) is 6.58 Å². The second-order valence-corrected chi connectivity index (χ2v) is 10.0. The van der Waals surface area contributed by atoms with E-state index in [4.69, 9.17) is 0 Å². The first-order chi connectivity index (χ1) is 15.8. The molecule has 0 saturated carbocycles. The number of amides is 1. The van der Waals surface area contributed by atoms with Crippen LogP contribution < -0.4 is 9.52 Å². The molecular weight excluding hydrogens is 461 g/mol. The van der Waals surface area contributed by atoms with Crippen LogP contribution in [0, 0.1) is 12.7 Å². The van der Waals surface area contributed by atoms with Crippen molar-refractivity contribution in [3.05, 3.63) is 101 Å². The quantitative estimate of drug-likeness (QED) is 0.399. The lowest BCUT2D eigenvalue weighted by molar-refractivity contribution is 0.0998. The highest BCUT2D eigenvalue weighted by Crippen LogP contribution is 2.20. The van der Waals surface area contributed by atoms with Crippen molar-refractivity contribution in [2.24, 2.45) is 4.99 Å². The summed E-state index contributed by atoms with van der Waals surface area (Å²) in [4.78, 5) is 17.7. The number of carbonyl (C=O) groups excluding carboxylic acids is 1. The van der Waals surface area contributed by atoms with Crippen LogP contribution in [0.15, 0.2) is 89.3 Å². The summed E-state index contributed by atoms with van der Waals surface area (Å²) in [6, 6.07) is 16.6. The minimum atomic E-state index is -3.94. The predicted octanol–water partition coefficient (Wildman–Crippen LogP) is 4.88. The Balaban J connectivity index is 1.67. The fourth-order valence-electron chi connectivity index (χ4n) is 3.27. The molecule has 6 nitrogen and oxygen atoms in total. The normalized spacial score (nSPS) is 12.1. The molecule has 0 aliphatic heterocycles. The molecule has 1 aromatic heterocycles. The van der Waals surface area contributed by atoms with Gasteiger partial charge in [-0.1, -0.05) is 29.5 Å². The third kappa shape index (κ3) is 4.94. The molecule has 0 unspecified atom stereocenters. The minimum absolute atomic E-state index is 0.0867. The molecule has 33 heavy (non-hydrogen) atoms. The maximum Gasteiger partial charge on any atom is 0.279 e. The van der Waals surface area contributed by atoms with Crippen LogP contribution in [-0.2, 0) is 16.6 Å². The number of hydrogen-bond acceptors (Lipinski definition) is 4. The third-order valence-corrected chi connectivity index (χ3v) is 7.27. The first-order valence-electron chi connectivity index (χ1n) is 9.95. The molecule has 168 valence electrons. The van der Waals surface area contributed by atoms with Gasteiger partial charge in [0.1, 0.15) is 5.82 Å². The Bertz CT molecular complexity index is 1540. The average molecular weight is 482 g/mol. The van der Waals surface area contributed by atoms with E-state index >= 15 is 0 Å². The number of nitrogens with one attached hydrogen (secondary N) is 1. The van der Waals surface area contributed by atoms with Crippen LogP contribution >= 0.6 is 11.3 Å². The molecule has 0 spiro atoms. The molecule has 0 radical (unpaired) electrons. The van der Waals surface area contributed by atoms with Crippen LogP contribution in [0.25, 0.3) is 10.2 Å². The van der Waals surface area contributed by atoms with Crippen molar-refractivity contribution < 1.29 is 17.6 Å². The molecule has 0 saturated heterocycles. The maximum atomic E-state index is 13.1. The van der Waals surface area contributed by atoms with Crippen LogP contribution in [0.1, 0.15) is 15.9 Å². The average Bonchev–Trinajstić information content (AvgIpc) is 3.10. The number of hydrogen-bond donors (Lipinski definition) is 1. The first-order valence-corrected chi connectivity index (χ1v) is 12.3. The van der Waals surface area contributed by atoms with Gasteiger partial charge in [-0.2, -0.15) is 4.99 Å². The molecule has 0 aliphatic carbocycles. The van der Waals surface area contributed by atoms with Crippen molar-refractivity contribution in [1.82, 2.24) is 4.57 Å². The van der Waals surface area contributed by atoms with Gasteiger partial charge < -0.3 is 4.57 Å². The summed E-state index contributed by atoms with van der Waals surface area (Å²) in [5.74, 6) is -1.04. The van der Waals surface area contributed by atoms with Crippen LogP contribution in [-0.4, -0.2) is 18.9 Å². The zero-order valence-electron chi connectivity index (χ0n) is 17.7. The van der Waals surface area contributed by atoms with E-state index < -0.39 is 21.7 Å². The Morgan fingerprint density at radius 2 is 1.91 bits per heavy atom. The molecule has 4 aromatic rings. The van der Waals surface area contributed by atoms with Crippen molar-refractivity contribution in [2.45, 2.75) is 18.4 Å². The number of allylic oxidation sites excluding steroid dienone is 1. The molecule has 1 amide bonds. The fourth-order valence-corrected chi connectivity index (χ4v) is 5.45. The topological polar surface area (TPSA) is 80.5 Å². The highest BCUT2D eigenvalue weighted by atomic mass is 32.2. The molecule has 4 rings (SSSR count). The molecule has 0 fully saturated rings. The molecule has 0 aliphatic rings. The van der Waals surface area contributed by atoms with Gasteiger partial charge >= 0.3 is 0 Å². The lowest BCUT2D eigenvalue weighted by Gasteiger charge is -2.09. The van der Waals surface area contributed by atoms with Gasteiger partial charge in [0, 0.05) is 17.8 Å². The number of sulfonamides is 1. The Morgan fingerprint density at radius 3 is 2.64 bits per heavy atom. The number of carbonyl (C=O) groups is 1. The predicted molar refractivity (Wildman–Crippen MR) is 128 cm³/mol. The number of benzene rings is 3. The molecule has 0 bridgehead atoms. The summed E-state index contributed by atoms with van der Waals surface area (Å²) in [5, 5.41) is 0. The largest absolute Gasteiger partial charge is 0.312 e. The number of nitrogens with zero attached hydrogens (tertiary/aromatic N) is 2. The zero-order chi connectivity index (χ0) is 23.6. The maximum absolute atomic E-state index is 13.1. The van der Waals surface area contributed by atoms with Crippen LogP contribution in [0.4, 0.5) is 10.1 Å². The van der Waals surface area contributed by atoms with Gasteiger partial charge in [-0.05, 0) is 67.1 Å². The van der Waals surface area contributed by atoms with E-state index in [1.165, 1.54) is 35.6 Å². The number of anilines is 1. The first kappa shape index (κ1) is 22.6. The minimum Gasteiger partial charge on any atom is -0.312 e. The Hall–Kier alpha value is -3.56. The summed E-state index contributed by atoms with van der Waals surface area (Å²) in [5.41, 5.74) is 2.49. The standard InChI is InChI=1S/C24H20FN3O3S2/c1-3-13-28-21-12-7-16(2)14-22(21)32-24(28)26-23(29)17-5-4-6-19(15-17)27-33(30,31)20-10-8-18(25)9-11-20/h3-12,14-15,27H,1,13H2,2H3. The van der Waals surface area contributed by atoms with E-state index in [2.05, 4.69) is 16.3 Å². The molecule has 3 aromatic carbocycles. The zero-order valence-corrected chi connectivity index (χ0v) is 19.3. The second-order valence-electron chi connectivity index (χ2n) is 7.31. The van der Waals surface area contributed by atoms with E-state index in [9.17, 15) is 17.6 Å². The lowest BCUT2D eigenvalue weighted by atomic mass is 10.2. The van der Waals surface area contributed by atoms with Crippen molar-refractivity contribution in [3.63, 3.8) is 0 Å². The summed E-state index contributed by atoms with van der Waals surface area (Å²) >= 11 is 1.40. The molecule has 0 atom stereocenters. The van der Waals surface area contributed by atoms with Gasteiger partial charge in [0.2, 0.25) is 0 Å². The Labute approximate surface area is 194 Å². The Morgan fingerprint density at radius 1 is 1.15 bits per heavy atom. The van der Waals surface area contributed by atoms with E-state index in [0.717, 1.165) is 27.9 Å². The van der Waals surface area contributed by atoms with Crippen LogP contribution in [0.3, 0.4) is 0 Å². The van der Waals surface area contributed by atoms with Gasteiger partial charge in [-0.25, -0.2) is 12.8 Å². The summed E-state index contributed by atoms with van der Waals surface area (Å²) in [7, 11) is -3.94. The molecule has 9 heteroatoms. The highest BCUT2D eigenvalue weighted by molar-refractivity contribution is 7.92. The highest BCUT2D eigenvalue weighted by Gasteiger charge is 2.15. The van der Waals surface area contributed by atoms with Crippen molar-refractivity contribution in [1.29, 1.82) is 0 Å². The van der Waals surface area contributed by atoms with Gasteiger partial charge in [0.15, 0.2) is 4.80 Å². The lowest BCUT2D eigenvalue weighted by Crippen LogP contribution is -2.16. The molecule has 1 N–H and O–H groups in total. The van der Waals surface area contributed by atoms with Crippen LogP contribution in [0.5, 0.6) is 0 Å². The number of halogens is 1. The van der Waals surface area contributed by atoms with E-state index in [-0.39, 0.29) is 16.1 Å². The summed E-state index contributed by atoms with van der Waals surface area (Å²) < 4.78 is 43.6. The Kier molecular flexibility index (Phi) is 6.26. The number of fused-ring (bicyclic) bond motifs is 1. The molecular formula is C24H20FN3O3S2. The number of aryl methyl sites for hydroxylation is 1. The molecule has 1 heterocycles. The van der Waals surface area contributed by atoms with Gasteiger partial charge in [0.05, 0.1) is 15.1 Å². The van der Waals surface area contributed by atoms with Crippen molar-refractivity contribution in [2.75, 3.05) is 4.72 Å².